The first kappa shape index (κ1) is 20.7. The van der Waals surface area contributed by atoms with E-state index in [1.54, 1.807) is 0 Å². The Balaban J connectivity index is 1.31. The van der Waals surface area contributed by atoms with Gasteiger partial charge < -0.3 is 19.3 Å². The van der Waals surface area contributed by atoms with Gasteiger partial charge in [0.25, 0.3) is 0 Å². The van der Waals surface area contributed by atoms with E-state index in [-0.39, 0.29) is 13.5 Å². The summed E-state index contributed by atoms with van der Waals surface area (Å²) in [5, 5.41) is 1.91. The van der Waals surface area contributed by atoms with Crippen molar-refractivity contribution in [3.05, 3.63) is 95.1 Å². The largest absolute Gasteiger partial charge is 0.473 e. The molecular weight excluding hydrogens is 448 g/mol. The van der Waals surface area contributed by atoms with Gasteiger partial charge in [0.05, 0.1) is 0 Å². The monoisotopic (exact) mass is 466 g/mol. The fourth-order valence-electron chi connectivity index (χ4n) is 4.41. The third-order valence-electron chi connectivity index (χ3n) is 6.21. The molecule has 0 spiro atoms. The van der Waals surface area contributed by atoms with Gasteiger partial charge in [-0.15, -0.1) is 0 Å². The van der Waals surface area contributed by atoms with E-state index in [1.165, 1.54) is 12.1 Å². The number of nitrogens with zero attached hydrogens (tertiary/aromatic N) is 2. The quantitative estimate of drug-likeness (QED) is 0.333. The van der Waals surface area contributed by atoms with Gasteiger partial charge in [0.15, 0.2) is 36.7 Å². The van der Waals surface area contributed by atoms with Crippen molar-refractivity contribution in [2.24, 2.45) is 0 Å². The SMILES string of the molecule is Fc1ccc(N2COc3cc4cc5c(cc4cc3C2)CN(c2ccc(F)c(F)c2)CO5)cc1F. The van der Waals surface area contributed by atoms with Crippen LogP contribution < -0.4 is 19.3 Å². The van der Waals surface area contributed by atoms with Crippen molar-refractivity contribution >= 4 is 22.1 Å². The normalized spacial score (nSPS) is 14.9. The molecule has 0 saturated carbocycles. The summed E-state index contributed by atoms with van der Waals surface area (Å²) in [4.78, 5) is 3.64. The average Bonchev–Trinajstić information content (AvgIpc) is 2.84. The van der Waals surface area contributed by atoms with Gasteiger partial charge in [0.2, 0.25) is 0 Å². The predicted molar refractivity (Wildman–Crippen MR) is 120 cm³/mol. The van der Waals surface area contributed by atoms with Crippen LogP contribution in [-0.2, 0) is 13.1 Å². The molecule has 4 aromatic carbocycles. The summed E-state index contributed by atoms with van der Waals surface area (Å²) in [6, 6.07) is 15.5. The summed E-state index contributed by atoms with van der Waals surface area (Å²) in [7, 11) is 0. The second kappa shape index (κ2) is 7.83. The van der Waals surface area contributed by atoms with E-state index in [1.807, 2.05) is 34.1 Å². The molecular formula is C26H18F4N2O2. The molecule has 2 aliphatic rings. The summed E-state index contributed by atoms with van der Waals surface area (Å²) in [6.45, 7) is 1.39. The van der Waals surface area contributed by atoms with Crippen molar-refractivity contribution in [1.82, 2.24) is 0 Å². The van der Waals surface area contributed by atoms with Gasteiger partial charge in [0, 0.05) is 47.7 Å². The molecule has 4 aromatic rings. The lowest BCUT2D eigenvalue weighted by molar-refractivity contribution is 0.288. The molecule has 0 amide bonds. The number of halogens is 4. The Labute approximate surface area is 192 Å². The topological polar surface area (TPSA) is 24.9 Å². The van der Waals surface area contributed by atoms with Crippen molar-refractivity contribution in [2.75, 3.05) is 23.3 Å². The Morgan fingerprint density at radius 2 is 0.971 bits per heavy atom. The van der Waals surface area contributed by atoms with Crippen LogP contribution in [0.25, 0.3) is 10.8 Å². The van der Waals surface area contributed by atoms with Gasteiger partial charge in [0.1, 0.15) is 11.5 Å². The number of hydrogen-bond donors (Lipinski definition) is 0. The maximum absolute atomic E-state index is 13.7. The van der Waals surface area contributed by atoms with E-state index in [0.717, 1.165) is 57.7 Å². The fourth-order valence-corrected chi connectivity index (χ4v) is 4.41. The van der Waals surface area contributed by atoms with E-state index >= 15 is 0 Å². The van der Waals surface area contributed by atoms with Crippen LogP contribution in [0.5, 0.6) is 11.5 Å². The minimum atomic E-state index is -0.904. The van der Waals surface area contributed by atoms with Crippen LogP contribution in [0.1, 0.15) is 11.1 Å². The molecule has 0 unspecified atom stereocenters. The zero-order chi connectivity index (χ0) is 23.4. The summed E-state index contributed by atoms with van der Waals surface area (Å²) in [6.07, 6.45) is 0. The number of anilines is 2. The molecule has 0 aromatic heterocycles. The van der Waals surface area contributed by atoms with Gasteiger partial charge in [-0.25, -0.2) is 17.6 Å². The highest BCUT2D eigenvalue weighted by atomic mass is 19.2. The van der Waals surface area contributed by atoms with Crippen molar-refractivity contribution in [1.29, 1.82) is 0 Å². The Hall–Kier alpha value is -3.94. The molecule has 0 atom stereocenters. The van der Waals surface area contributed by atoms with E-state index in [0.29, 0.717) is 24.5 Å². The van der Waals surface area contributed by atoms with E-state index < -0.39 is 23.3 Å². The minimum Gasteiger partial charge on any atom is -0.473 e. The van der Waals surface area contributed by atoms with Crippen LogP contribution in [0.4, 0.5) is 28.9 Å². The van der Waals surface area contributed by atoms with Crippen LogP contribution in [0.15, 0.2) is 60.7 Å². The first-order valence-electron chi connectivity index (χ1n) is 10.7. The second-order valence-electron chi connectivity index (χ2n) is 8.41. The van der Waals surface area contributed by atoms with Crippen molar-refractivity contribution < 1.29 is 27.0 Å². The molecule has 0 aliphatic carbocycles. The van der Waals surface area contributed by atoms with Crippen molar-refractivity contribution in [3.63, 3.8) is 0 Å². The molecule has 0 N–H and O–H groups in total. The lowest BCUT2D eigenvalue weighted by Crippen LogP contribution is -2.32. The second-order valence-corrected chi connectivity index (χ2v) is 8.41. The molecule has 0 radical (unpaired) electrons. The lowest BCUT2D eigenvalue weighted by Gasteiger charge is -2.32. The summed E-state index contributed by atoms with van der Waals surface area (Å²) >= 11 is 0. The highest BCUT2D eigenvalue weighted by molar-refractivity contribution is 5.88. The first-order valence-corrected chi connectivity index (χ1v) is 10.7. The van der Waals surface area contributed by atoms with Gasteiger partial charge in [-0.1, -0.05) is 0 Å². The molecule has 0 saturated heterocycles. The third-order valence-corrected chi connectivity index (χ3v) is 6.21. The molecule has 2 heterocycles. The van der Waals surface area contributed by atoms with E-state index in [2.05, 4.69) is 0 Å². The van der Waals surface area contributed by atoms with Crippen molar-refractivity contribution in [2.45, 2.75) is 13.1 Å². The van der Waals surface area contributed by atoms with Gasteiger partial charge in [-0.2, -0.15) is 0 Å². The van der Waals surface area contributed by atoms with Crippen molar-refractivity contribution in [3.8, 4) is 11.5 Å². The van der Waals surface area contributed by atoms with Gasteiger partial charge >= 0.3 is 0 Å². The molecule has 8 heteroatoms. The number of benzene rings is 4. The van der Waals surface area contributed by atoms with Gasteiger partial charge in [-0.05, 0) is 59.3 Å². The van der Waals surface area contributed by atoms with Gasteiger partial charge in [-0.3, -0.25) is 0 Å². The van der Waals surface area contributed by atoms with E-state index in [4.69, 9.17) is 9.47 Å². The molecule has 0 bridgehead atoms. The number of ether oxygens (including phenoxy) is 2. The standard InChI is InChI=1S/C26H18F4N2O2/c27-21-3-1-19(9-23(21)29)31-11-17-5-15-6-18-12-32(20-2-4-22(28)24(30)10-20)14-34-26(18)8-16(15)7-25(17)33-13-31/h1-10H,11-14H2. The Bertz CT molecular complexity index is 1340. The maximum Gasteiger partial charge on any atom is 0.161 e. The van der Waals surface area contributed by atoms with Crippen LogP contribution in [-0.4, -0.2) is 13.5 Å². The molecule has 6 rings (SSSR count). The minimum absolute atomic E-state index is 0.216. The summed E-state index contributed by atoms with van der Waals surface area (Å²) in [5.74, 6) is -2.14. The van der Waals surface area contributed by atoms with Crippen LogP contribution in [0.2, 0.25) is 0 Å². The molecule has 4 nitrogen and oxygen atoms in total. The maximum atomic E-state index is 13.7. The zero-order valence-corrected chi connectivity index (χ0v) is 17.8. The third kappa shape index (κ3) is 3.55. The Morgan fingerprint density at radius 1 is 0.529 bits per heavy atom. The average molecular weight is 466 g/mol. The highest BCUT2D eigenvalue weighted by Gasteiger charge is 2.23. The smallest absolute Gasteiger partial charge is 0.161 e. The fraction of sp³-hybridized carbons (Fsp3) is 0.154. The number of rotatable bonds is 2. The molecule has 0 fully saturated rings. The molecule has 172 valence electrons. The zero-order valence-electron chi connectivity index (χ0n) is 17.8. The molecule has 34 heavy (non-hydrogen) atoms. The van der Waals surface area contributed by atoms with Crippen LogP contribution >= 0.6 is 0 Å². The summed E-state index contributed by atoms with van der Waals surface area (Å²) < 4.78 is 65.8. The van der Waals surface area contributed by atoms with E-state index in [9.17, 15) is 17.6 Å². The lowest BCUT2D eigenvalue weighted by atomic mass is 10.0. The summed E-state index contributed by atoms with van der Waals surface area (Å²) in [5.41, 5.74) is 2.89. The number of hydrogen-bond acceptors (Lipinski definition) is 4. The molecule has 2 aliphatic heterocycles. The van der Waals surface area contributed by atoms with Crippen LogP contribution in [0.3, 0.4) is 0 Å². The van der Waals surface area contributed by atoms with Crippen LogP contribution in [0, 0.1) is 23.3 Å². The highest BCUT2D eigenvalue weighted by Crippen LogP contribution is 2.37. The first-order chi connectivity index (χ1) is 16.4. The Kier molecular flexibility index (Phi) is 4.76. The number of fused-ring (bicyclic) bond motifs is 3. The predicted octanol–water partition coefficient (Wildman–Crippen LogP) is 6.11. The Morgan fingerprint density at radius 3 is 1.41 bits per heavy atom.